The Morgan fingerprint density at radius 1 is 0.897 bits per heavy atom. The Bertz CT molecular complexity index is 591. The van der Waals surface area contributed by atoms with Crippen LogP contribution in [0.4, 0.5) is 0 Å². The topological polar surface area (TPSA) is 58.7 Å². The van der Waals surface area contributed by atoms with Crippen molar-refractivity contribution in [3.63, 3.8) is 0 Å². The normalized spacial score (nSPS) is 34.7. The molecule has 2 N–H and O–H groups in total. The van der Waals surface area contributed by atoms with Crippen molar-refractivity contribution in [1.82, 2.24) is 4.90 Å². The standard InChI is InChI=1S/C25H43N3O/c1-28-23(29)25(27-24(28)26,15-14-19-8-3-2-4-9-19)18-22-13-7-12-21(17-22)16-20-10-5-6-11-20/h19-22H,2-18H2,1H3,(H2,26,27)/t21-,22?,25+/m0/s1. The second-order valence-electron chi connectivity index (χ2n) is 10.9. The first kappa shape index (κ1) is 21.2. The second-order valence-corrected chi connectivity index (χ2v) is 10.9. The van der Waals surface area contributed by atoms with Gasteiger partial charge in [-0.1, -0.05) is 77.0 Å². The van der Waals surface area contributed by atoms with Gasteiger partial charge in [0.05, 0.1) is 0 Å². The van der Waals surface area contributed by atoms with Gasteiger partial charge in [-0.05, 0) is 55.8 Å². The fourth-order valence-corrected chi connectivity index (χ4v) is 7.07. The highest BCUT2D eigenvalue weighted by Crippen LogP contribution is 2.44. The Hall–Kier alpha value is -1.06. The summed E-state index contributed by atoms with van der Waals surface area (Å²) in [6.45, 7) is 0. The highest BCUT2D eigenvalue weighted by molar-refractivity contribution is 6.06. The molecule has 0 aromatic carbocycles. The van der Waals surface area contributed by atoms with E-state index < -0.39 is 5.54 Å². The Kier molecular flexibility index (Phi) is 6.86. The van der Waals surface area contributed by atoms with Crippen LogP contribution in [0.5, 0.6) is 0 Å². The second kappa shape index (κ2) is 9.39. The molecule has 3 atom stereocenters. The molecular weight excluding hydrogens is 358 g/mol. The van der Waals surface area contributed by atoms with E-state index in [0.717, 1.165) is 37.0 Å². The maximum Gasteiger partial charge on any atom is 0.257 e. The van der Waals surface area contributed by atoms with Crippen molar-refractivity contribution in [2.75, 3.05) is 7.05 Å². The van der Waals surface area contributed by atoms with Crippen molar-refractivity contribution >= 4 is 11.9 Å². The quantitative estimate of drug-likeness (QED) is 0.599. The van der Waals surface area contributed by atoms with Crippen molar-refractivity contribution in [3.05, 3.63) is 0 Å². The van der Waals surface area contributed by atoms with Crippen LogP contribution in [-0.4, -0.2) is 29.4 Å². The van der Waals surface area contributed by atoms with Crippen LogP contribution in [0.25, 0.3) is 0 Å². The number of guanidine groups is 1. The lowest BCUT2D eigenvalue weighted by molar-refractivity contribution is -0.131. The number of hydrogen-bond acceptors (Lipinski definition) is 3. The van der Waals surface area contributed by atoms with Crippen molar-refractivity contribution in [2.24, 2.45) is 34.4 Å². The minimum atomic E-state index is -0.559. The lowest BCUT2D eigenvalue weighted by Gasteiger charge is -2.36. The Balaban J connectivity index is 1.40. The third kappa shape index (κ3) is 4.99. The summed E-state index contributed by atoms with van der Waals surface area (Å²) < 4.78 is 0. The van der Waals surface area contributed by atoms with E-state index >= 15 is 0 Å². The van der Waals surface area contributed by atoms with Gasteiger partial charge in [-0.25, -0.2) is 4.99 Å². The van der Waals surface area contributed by atoms with Crippen LogP contribution in [-0.2, 0) is 4.79 Å². The Morgan fingerprint density at radius 2 is 1.52 bits per heavy atom. The smallest absolute Gasteiger partial charge is 0.257 e. The average Bonchev–Trinajstić information content (AvgIpc) is 3.31. The molecular formula is C25H43N3O. The van der Waals surface area contributed by atoms with Crippen LogP contribution in [0.3, 0.4) is 0 Å². The number of likely N-dealkylation sites (N-methyl/N-ethyl adjacent to an activating group) is 1. The summed E-state index contributed by atoms with van der Waals surface area (Å²) >= 11 is 0. The minimum absolute atomic E-state index is 0.170. The molecule has 4 aliphatic rings. The maximum absolute atomic E-state index is 13.3. The lowest BCUT2D eigenvalue weighted by atomic mass is 9.71. The summed E-state index contributed by atoms with van der Waals surface area (Å²) in [5.41, 5.74) is 5.59. The predicted octanol–water partition coefficient (Wildman–Crippen LogP) is 5.65. The van der Waals surface area contributed by atoms with Gasteiger partial charge in [-0.3, -0.25) is 9.69 Å². The van der Waals surface area contributed by atoms with Crippen molar-refractivity contribution in [2.45, 2.75) is 115 Å². The molecule has 4 rings (SSSR count). The maximum atomic E-state index is 13.3. The summed E-state index contributed by atoms with van der Waals surface area (Å²) in [6.07, 6.45) is 22.3. The molecule has 0 bridgehead atoms. The lowest BCUT2D eigenvalue weighted by Crippen LogP contribution is -2.44. The third-order valence-electron chi connectivity index (χ3n) is 8.73. The van der Waals surface area contributed by atoms with E-state index in [4.69, 9.17) is 10.7 Å². The number of carbonyl (C=O) groups is 1. The van der Waals surface area contributed by atoms with Gasteiger partial charge in [-0.2, -0.15) is 0 Å². The van der Waals surface area contributed by atoms with Gasteiger partial charge >= 0.3 is 0 Å². The van der Waals surface area contributed by atoms with Crippen molar-refractivity contribution < 1.29 is 4.79 Å². The van der Waals surface area contributed by atoms with Crippen molar-refractivity contribution in [3.8, 4) is 0 Å². The zero-order valence-electron chi connectivity index (χ0n) is 18.7. The Morgan fingerprint density at radius 3 is 2.21 bits per heavy atom. The molecule has 4 nitrogen and oxygen atoms in total. The predicted molar refractivity (Wildman–Crippen MR) is 120 cm³/mol. The molecule has 29 heavy (non-hydrogen) atoms. The van der Waals surface area contributed by atoms with E-state index in [1.807, 2.05) is 7.05 Å². The fourth-order valence-electron chi connectivity index (χ4n) is 7.07. The number of hydrogen-bond donors (Lipinski definition) is 1. The SMILES string of the molecule is CN1C(=O)[C@@](CCC2CCCCC2)(CC2CCC[C@@H](CC3CCCC3)C2)N=C1N. The number of carbonyl (C=O) groups excluding carboxylic acids is 1. The van der Waals surface area contributed by atoms with Gasteiger partial charge in [0.2, 0.25) is 0 Å². The summed E-state index contributed by atoms with van der Waals surface area (Å²) in [5.74, 6) is 3.90. The first-order valence-electron chi connectivity index (χ1n) is 12.7. The zero-order chi connectivity index (χ0) is 20.3. The monoisotopic (exact) mass is 401 g/mol. The number of nitrogens with two attached hydrogens (primary N) is 1. The van der Waals surface area contributed by atoms with Gasteiger partial charge in [0.15, 0.2) is 5.96 Å². The molecule has 0 spiro atoms. The van der Waals surface area contributed by atoms with E-state index in [0.29, 0.717) is 11.9 Å². The number of nitrogens with zero attached hydrogens (tertiary/aromatic N) is 2. The summed E-state index contributed by atoms with van der Waals surface area (Å²) in [4.78, 5) is 19.8. The molecule has 1 unspecified atom stereocenters. The molecule has 0 radical (unpaired) electrons. The van der Waals surface area contributed by atoms with E-state index in [1.54, 1.807) is 4.90 Å². The first-order chi connectivity index (χ1) is 14.1. The van der Waals surface area contributed by atoms with Crippen LogP contribution in [0.15, 0.2) is 4.99 Å². The van der Waals surface area contributed by atoms with Gasteiger partial charge in [0.1, 0.15) is 5.54 Å². The van der Waals surface area contributed by atoms with Gasteiger partial charge in [-0.15, -0.1) is 0 Å². The summed E-state index contributed by atoms with van der Waals surface area (Å²) in [6, 6.07) is 0. The number of amides is 1. The van der Waals surface area contributed by atoms with Crippen LogP contribution in [0.1, 0.15) is 109 Å². The first-order valence-corrected chi connectivity index (χ1v) is 12.7. The van der Waals surface area contributed by atoms with Crippen molar-refractivity contribution in [1.29, 1.82) is 0 Å². The van der Waals surface area contributed by atoms with Gasteiger partial charge < -0.3 is 5.73 Å². The van der Waals surface area contributed by atoms with Gasteiger partial charge in [0.25, 0.3) is 5.91 Å². The molecule has 0 saturated heterocycles. The summed E-state index contributed by atoms with van der Waals surface area (Å²) in [5, 5.41) is 0. The van der Waals surface area contributed by atoms with E-state index in [-0.39, 0.29) is 5.91 Å². The fraction of sp³-hybridized carbons (Fsp3) is 0.920. The molecule has 1 heterocycles. The number of rotatable bonds is 7. The zero-order valence-corrected chi connectivity index (χ0v) is 18.7. The molecule has 4 heteroatoms. The van der Waals surface area contributed by atoms with E-state index in [2.05, 4.69) is 0 Å². The van der Waals surface area contributed by atoms with Crippen LogP contribution >= 0.6 is 0 Å². The largest absolute Gasteiger partial charge is 0.369 e. The number of aliphatic imine (C=N–C) groups is 1. The van der Waals surface area contributed by atoms with Crippen LogP contribution in [0, 0.1) is 23.7 Å². The van der Waals surface area contributed by atoms with Gasteiger partial charge in [0, 0.05) is 7.05 Å². The van der Waals surface area contributed by atoms with E-state index in [1.165, 1.54) is 89.9 Å². The highest BCUT2D eigenvalue weighted by atomic mass is 16.2. The van der Waals surface area contributed by atoms with Crippen LogP contribution < -0.4 is 5.73 Å². The third-order valence-corrected chi connectivity index (χ3v) is 8.73. The molecule has 0 aromatic rings. The highest BCUT2D eigenvalue weighted by Gasteiger charge is 2.48. The molecule has 1 aliphatic heterocycles. The molecule has 3 aliphatic carbocycles. The molecule has 1 amide bonds. The van der Waals surface area contributed by atoms with E-state index in [9.17, 15) is 4.79 Å². The average molecular weight is 402 g/mol. The molecule has 3 saturated carbocycles. The molecule has 164 valence electrons. The Labute approximate surface area is 178 Å². The minimum Gasteiger partial charge on any atom is -0.369 e. The summed E-state index contributed by atoms with van der Waals surface area (Å²) in [7, 11) is 1.81. The molecule has 3 fully saturated rings. The van der Waals surface area contributed by atoms with Crippen LogP contribution in [0.2, 0.25) is 0 Å². The molecule has 0 aromatic heterocycles.